The molecule has 3 nitrogen and oxygen atoms in total. The van der Waals surface area contributed by atoms with E-state index in [1.165, 1.54) is 0 Å². The van der Waals surface area contributed by atoms with Crippen LogP contribution in [0.5, 0.6) is 0 Å². The molecule has 13 heavy (non-hydrogen) atoms. The molecule has 0 aromatic carbocycles. The van der Waals surface area contributed by atoms with E-state index in [1.54, 1.807) is 0 Å². The van der Waals surface area contributed by atoms with Crippen molar-refractivity contribution in [3.8, 4) is 0 Å². The summed E-state index contributed by atoms with van der Waals surface area (Å²) in [6, 6.07) is 4.02. The van der Waals surface area contributed by atoms with Crippen molar-refractivity contribution < 1.29 is 4.74 Å². The Morgan fingerprint density at radius 1 is 1.54 bits per heavy atom. The quantitative estimate of drug-likeness (QED) is 0.506. The van der Waals surface area contributed by atoms with E-state index in [-0.39, 0.29) is 0 Å². The van der Waals surface area contributed by atoms with E-state index < -0.39 is 0 Å². The number of hydrogen-bond acceptors (Lipinski definition) is 3. The highest BCUT2D eigenvalue weighted by atomic mass is 127. The second-order valence-electron chi connectivity index (χ2n) is 2.65. The number of ether oxygens (including phenoxy) is 1. The Hall–Kier alpha value is -0.200. The summed E-state index contributed by atoms with van der Waals surface area (Å²) in [5.74, 6) is 0. The van der Waals surface area contributed by atoms with E-state index in [2.05, 4.69) is 32.9 Å². The van der Waals surface area contributed by atoms with Gasteiger partial charge in [-0.05, 0) is 41.3 Å². The highest BCUT2D eigenvalue weighted by Crippen LogP contribution is 2.03. The van der Waals surface area contributed by atoms with Crippen molar-refractivity contribution in [1.82, 2.24) is 10.3 Å². The monoisotopic (exact) mass is 292 g/mol. The largest absolute Gasteiger partial charge is 0.375 e. The molecular formula is C9H13IN2O. The molecule has 0 saturated carbocycles. The van der Waals surface area contributed by atoms with Gasteiger partial charge in [0.1, 0.15) is 3.70 Å². The van der Waals surface area contributed by atoms with Crippen LogP contribution in [-0.2, 0) is 11.3 Å². The Morgan fingerprint density at radius 3 is 3.00 bits per heavy atom. The van der Waals surface area contributed by atoms with Gasteiger partial charge in [0.05, 0.1) is 13.2 Å². The first-order chi connectivity index (χ1) is 6.33. The number of rotatable bonds is 5. The van der Waals surface area contributed by atoms with Crippen LogP contribution in [0, 0.1) is 3.70 Å². The van der Waals surface area contributed by atoms with Gasteiger partial charge in [-0.25, -0.2) is 4.98 Å². The van der Waals surface area contributed by atoms with Crippen molar-refractivity contribution in [2.75, 3.05) is 20.2 Å². The maximum Gasteiger partial charge on any atom is 0.101 e. The van der Waals surface area contributed by atoms with E-state index >= 15 is 0 Å². The van der Waals surface area contributed by atoms with Gasteiger partial charge in [-0.1, -0.05) is 6.07 Å². The van der Waals surface area contributed by atoms with Crippen LogP contribution in [0.4, 0.5) is 0 Å². The summed E-state index contributed by atoms with van der Waals surface area (Å²) in [7, 11) is 1.91. The van der Waals surface area contributed by atoms with Crippen molar-refractivity contribution in [3.05, 3.63) is 27.6 Å². The zero-order chi connectivity index (χ0) is 9.52. The Kier molecular flexibility index (Phi) is 5.26. The predicted octanol–water partition coefficient (Wildman–Crippen LogP) is 1.42. The van der Waals surface area contributed by atoms with Gasteiger partial charge < -0.3 is 10.1 Å². The molecule has 0 amide bonds. The zero-order valence-corrected chi connectivity index (χ0v) is 9.74. The van der Waals surface area contributed by atoms with E-state index in [4.69, 9.17) is 4.74 Å². The lowest BCUT2D eigenvalue weighted by Crippen LogP contribution is -2.14. The summed E-state index contributed by atoms with van der Waals surface area (Å²) in [6.45, 7) is 2.27. The molecule has 0 spiro atoms. The molecule has 0 radical (unpaired) electrons. The van der Waals surface area contributed by atoms with Gasteiger partial charge in [0.15, 0.2) is 0 Å². The first kappa shape index (κ1) is 10.9. The topological polar surface area (TPSA) is 34.1 Å². The number of likely N-dealkylation sites (N-methyl/N-ethyl adjacent to an activating group) is 1. The summed E-state index contributed by atoms with van der Waals surface area (Å²) < 4.78 is 6.41. The molecule has 0 aliphatic carbocycles. The minimum atomic E-state index is 0.644. The van der Waals surface area contributed by atoms with E-state index in [0.29, 0.717) is 6.61 Å². The Bertz CT molecular complexity index is 238. The van der Waals surface area contributed by atoms with Crippen molar-refractivity contribution in [1.29, 1.82) is 0 Å². The molecule has 4 heteroatoms. The lowest BCUT2D eigenvalue weighted by atomic mass is 10.3. The molecule has 0 atom stereocenters. The maximum absolute atomic E-state index is 5.40. The number of aromatic nitrogens is 1. The minimum absolute atomic E-state index is 0.644. The zero-order valence-electron chi connectivity index (χ0n) is 7.59. The van der Waals surface area contributed by atoms with E-state index in [0.717, 1.165) is 22.4 Å². The van der Waals surface area contributed by atoms with Gasteiger partial charge in [0, 0.05) is 12.7 Å². The summed E-state index contributed by atoms with van der Waals surface area (Å²) in [6.07, 6.45) is 1.85. The molecule has 0 bridgehead atoms. The first-order valence-corrected chi connectivity index (χ1v) is 5.23. The molecule has 0 saturated heterocycles. The number of hydrogen-bond donors (Lipinski definition) is 1. The number of nitrogens with zero attached hydrogens (tertiary/aromatic N) is 1. The lowest BCUT2D eigenvalue weighted by Gasteiger charge is -2.03. The molecule has 0 fully saturated rings. The van der Waals surface area contributed by atoms with Gasteiger partial charge in [-0.15, -0.1) is 0 Å². The van der Waals surface area contributed by atoms with Crippen LogP contribution in [0.15, 0.2) is 18.3 Å². The fraction of sp³-hybridized carbons (Fsp3) is 0.444. The van der Waals surface area contributed by atoms with Gasteiger partial charge in [0.2, 0.25) is 0 Å². The lowest BCUT2D eigenvalue weighted by molar-refractivity contribution is 0.124. The fourth-order valence-corrected chi connectivity index (χ4v) is 1.18. The minimum Gasteiger partial charge on any atom is -0.375 e. The average molecular weight is 292 g/mol. The van der Waals surface area contributed by atoms with Gasteiger partial charge >= 0.3 is 0 Å². The molecule has 1 N–H and O–H groups in total. The van der Waals surface area contributed by atoms with Crippen molar-refractivity contribution in [2.24, 2.45) is 0 Å². The van der Waals surface area contributed by atoms with Crippen molar-refractivity contribution in [3.63, 3.8) is 0 Å². The summed E-state index contributed by atoms with van der Waals surface area (Å²) in [5, 5.41) is 3.02. The third-order valence-corrected chi connectivity index (χ3v) is 2.19. The summed E-state index contributed by atoms with van der Waals surface area (Å²) >= 11 is 2.19. The van der Waals surface area contributed by atoms with Gasteiger partial charge in [-0.3, -0.25) is 0 Å². The Morgan fingerprint density at radius 2 is 2.38 bits per heavy atom. The average Bonchev–Trinajstić information content (AvgIpc) is 2.15. The highest BCUT2D eigenvalue weighted by molar-refractivity contribution is 14.1. The fourth-order valence-electron chi connectivity index (χ4n) is 0.856. The number of pyridine rings is 1. The summed E-state index contributed by atoms with van der Waals surface area (Å²) in [5.41, 5.74) is 1.12. The van der Waals surface area contributed by atoms with Crippen LogP contribution >= 0.6 is 22.6 Å². The van der Waals surface area contributed by atoms with Crippen LogP contribution in [0.1, 0.15) is 5.56 Å². The van der Waals surface area contributed by atoms with Crippen LogP contribution in [-0.4, -0.2) is 25.2 Å². The highest BCUT2D eigenvalue weighted by Gasteiger charge is 1.93. The molecular weight excluding hydrogens is 279 g/mol. The number of nitrogens with one attached hydrogen (secondary N) is 1. The van der Waals surface area contributed by atoms with Crippen molar-refractivity contribution >= 4 is 22.6 Å². The Labute approximate surface area is 92.0 Å². The third kappa shape index (κ3) is 4.54. The first-order valence-electron chi connectivity index (χ1n) is 4.15. The molecule has 0 aliphatic rings. The van der Waals surface area contributed by atoms with Crippen LogP contribution in [0.3, 0.4) is 0 Å². The maximum atomic E-state index is 5.40. The SMILES string of the molecule is CNCCOCc1ccc(I)nc1. The molecule has 0 unspecified atom stereocenters. The number of halogens is 1. The second kappa shape index (κ2) is 6.28. The predicted molar refractivity (Wildman–Crippen MR) is 60.5 cm³/mol. The second-order valence-corrected chi connectivity index (χ2v) is 3.75. The summed E-state index contributed by atoms with van der Waals surface area (Å²) in [4.78, 5) is 4.17. The van der Waals surface area contributed by atoms with Crippen LogP contribution in [0.25, 0.3) is 0 Å². The molecule has 72 valence electrons. The molecule has 1 rings (SSSR count). The van der Waals surface area contributed by atoms with Crippen LogP contribution in [0.2, 0.25) is 0 Å². The van der Waals surface area contributed by atoms with Gasteiger partial charge in [-0.2, -0.15) is 0 Å². The van der Waals surface area contributed by atoms with Crippen molar-refractivity contribution in [2.45, 2.75) is 6.61 Å². The smallest absolute Gasteiger partial charge is 0.101 e. The van der Waals surface area contributed by atoms with Crippen LogP contribution < -0.4 is 5.32 Å². The normalized spacial score (nSPS) is 10.3. The standard InChI is InChI=1S/C9H13IN2O/c1-11-4-5-13-7-8-2-3-9(10)12-6-8/h2-3,6,11H,4-5,7H2,1H3. The molecule has 0 aliphatic heterocycles. The third-order valence-electron chi connectivity index (χ3n) is 1.55. The molecule has 1 aromatic rings. The Balaban J connectivity index is 2.25. The van der Waals surface area contributed by atoms with E-state index in [1.807, 2.05) is 25.4 Å². The van der Waals surface area contributed by atoms with Gasteiger partial charge in [0.25, 0.3) is 0 Å². The molecule has 1 heterocycles. The van der Waals surface area contributed by atoms with E-state index in [9.17, 15) is 0 Å². The molecule has 1 aromatic heterocycles.